The molecule has 114 valence electrons. The Morgan fingerprint density at radius 3 is 2.70 bits per heavy atom. The third-order valence-corrected chi connectivity index (χ3v) is 3.87. The van der Waals surface area contributed by atoms with Gasteiger partial charge in [0, 0.05) is 6.54 Å². The van der Waals surface area contributed by atoms with Crippen molar-refractivity contribution >= 4 is 12.0 Å². The van der Waals surface area contributed by atoms with Crippen LogP contribution >= 0.6 is 0 Å². The quantitative estimate of drug-likeness (QED) is 0.691. The molecule has 2 N–H and O–H groups in total. The zero-order valence-corrected chi connectivity index (χ0v) is 12.4. The molecule has 2 atom stereocenters. The Bertz CT molecular complexity index is 366. The average molecular weight is 281 g/mol. The van der Waals surface area contributed by atoms with Crippen LogP contribution in [0, 0.1) is 5.92 Å². The summed E-state index contributed by atoms with van der Waals surface area (Å²) in [4.78, 5) is 22.7. The van der Waals surface area contributed by atoms with Crippen molar-refractivity contribution in [2.45, 2.75) is 58.4 Å². The molecule has 0 saturated carbocycles. The number of carbonyl (C=O) groups is 2. The SMILES string of the molecule is CC[C@@H](C)[C@H](NC(=O)NCCC1=CCCCC1)C(=O)[O-]. The molecule has 1 rings (SSSR count). The third kappa shape index (κ3) is 5.63. The molecular weight excluding hydrogens is 256 g/mol. The fourth-order valence-corrected chi connectivity index (χ4v) is 2.33. The first-order valence-electron chi connectivity index (χ1n) is 7.47. The monoisotopic (exact) mass is 281 g/mol. The molecule has 0 heterocycles. The van der Waals surface area contributed by atoms with Crippen molar-refractivity contribution in [3.05, 3.63) is 11.6 Å². The van der Waals surface area contributed by atoms with Crippen LogP contribution in [-0.2, 0) is 4.79 Å². The topological polar surface area (TPSA) is 81.3 Å². The van der Waals surface area contributed by atoms with Crippen molar-refractivity contribution in [2.75, 3.05) is 6.54 Å². The summed E-state index contributed by atoms with van der Waals surface area (Å²) in [5.74, 6) is -1.38. The number of amides is 2. The third-order valence-electron chi connectivity index (χ3n) is 3.87. The minimum absolute atomic E-state index is 0.146. The van der Waals surface area contributed by atoms with Gasteiger partial charge in [0.05, 0.1) is 12.0 Å². The van der Waals surface area contributed by atoms with E-state index in [0.29, 0.717) is 13.0 Å². The smallest absolute Gasteiger partial charge is 0.315 e. The second-order valence-electron chi connectivity index (χ2n) is 5.44. The summed E-state index contributed by atoms with van der Waals surface area (Å²) < 4.78 is 0. The van der Waals surface area contributed by atoms with E-state index in [1.54, 1.807) is 6.92 Å². The van der Waals surface area contributed by atoms with Gasteiger partial charge in [-0.05, 0) is 38.0 Å². The van der Waals surface area contributed by atoms with E-state index >= 15 is 0 Å². The highest BCUT2D eigenvalue weighted by atomic mass is 16.4. The molecule has 0 aliphatic heterocycles. The maximum absolute atomic E-state index is 11.7. The highest BCUT2D eigenvalue weighted by molar-refractivity contribution is 5.81. The van der Waals surface area contributed by atoms with Crippen LogP contribution in [0.15, 0.2) is 11.6 Å². The number of nitrogens with one attached hydrogen (secondary N) is 2. The number of rotatable bonds is 7. The van der Waals surface area contributed by atoms with E-state index in [1.165, 1.54) is 18.4 Å². The van der Waals surface area contributed by atoms with Crippen LogP contribution in [0.3, 0.4) is 0 Å². The van der Waals surface area contributed by atoms with Gasteiger partial charge in [-0.15, -0.1) is 0 Å². The van der Waals surface area contributed by atoms with Crippen LogP contribution in [0.2, 0.25) is 0 Å². The van der Waals surface area contributed by atoms with E-state index in [1.807, 2.05) is 6.92 Å². The van der Waals surface area contributed by atoms with E-state index in [4.69, 9.17) is 0 Å². The summed E-state index contributed by atoms with van der Waals surface area (Å²) in [6, 6.07) is -1.37. The molecule has 0 radical (unpaired) electrons. The molecule has 0 aromatic carbocycles. The predicted molar refractivity (Wildman–Crippen MR) is 76.0 cm³/mol. The Hall–Kier alpha value is -1.52. The standard InChI is InChI=1S/C15H26N2O3/c1-3-11(2)13(14(18)19)17-15(20)16-10-9-12-7-5-4-6-8-12/h7,11,13H,3-6,8-10H2,1-2H3,(H,18,19)(H2,16,17,20)/p-1/t11-,13+/m1/s1. The summed E-state index contributed by atoms with van der Waals surface area (Å²) in [6.45, 7) is 4.21. The van der Waals surface area contributed by atoms with Crippen LogP contribution < -0.4 is 15.7 Å². The maximum atomic E-state index is 11.7. The van der Waals surface area contributed by atoms with Gasteiger partial charge in [-0.1, -0.05) is 31.9 Å². The van der Waals surface area contributed by atoms with E-state index in [9.17, 15) is 14.7 Å². The van der Waals surface area contributed by atoms with E-state index < -0.39 is 18.0 Å². The number of urea groups is 1. The van der Waals surface area contributed by atoms with Crippen molar-refractivity contribution in [1.29, 1.82) is 0 Å². The summed E-state index contributed by atoms with van der Waals surface area (Å²) in [5, 5.41) is 16.2. The van der Waals surface area contributed by atoms with Gasteiger partial charge in [-0.2, -0.15) is 0 Å². The molecule has 0 unspecified atom stereocenters. The molecule has 1 aliphatic rings. The number of aliphatic carboxylic acids is 1. The van der Waals surface area contributed by atoms with Crippen LogP contribution in [0.5, 0.6) is 0 Å². The largest absolute Gasteiger partial charge is 0.548 e. The molecule has 5 heteroatoms. The first-order valence-corrected chi connectivity index (χ1v) is 7.47. The second kappa shape index (κ2) is 8.61. The first-order chi connectivity index (χ1) is 9.54. The molecule has 0 spiro atoms. The highest BCUT2D eigenvalue weighted by Gasteiger charge is 2.19. The fraction of sp³-hybridized carbons (Fsp3) is 0.733. The lowest BCUT2D eigenvalue weighted by molar-refractivity contribution is -0.309. The van der Waals surface area contributed by atoms with Crippen molar-refractivity contribution < 1.29 is 14.7 Å². The van der Waals surface area contributed by atoms with Gasteiger partial charge >= 0.3 is 6.03 Å². The Labute approximate surface area is 120 Å². The van der Waals surface area contributed by atoms with Gasteiger partial charge in [0.25, 0.3) is 0 Å². The number of hydrogen-bond acceptors (Lipinski definition) is 3. The van der Waals surface area contributed by atoms with E-state index in [0.717, 1.165) is 19.3 Å². The minimum Gasteiger partial charge on any atom is -0.548 e. The summed E-state index contributed by atoms with van der Waals surface area (Å²) in [7, 11) is 0. The molecular formula is C15H25N2O3-. The molecule has 2 amide bonds. The molecule has 5 nitrogen and oxygen atoms in total. The normalized spacial score (nSPS) is 17.8. The van der Waals surface area contributed by atoms with E-state index in [2.05, 4.69) is 16.7 Å². The van der Waals surface area contributed by atoms with Gasteiger partial charge in [-0.25, -0.2) is 4.79 Å². The fourth-order valence-electron chi connectivity index (χ4n) is 2.33. The predicted octanol–water partition coefficient (Wildman–Crippen LogP) is 1.34. The summed E-state index contributed by atoms with van der Waals surface area (Å²) >= 11 is 0. The van der Waals surface area contributed by atoms with Crippen molar-refractivity contribution in [1.82, 2.24) is 10.6 Å². The Morgan fingerprint density at radius 2 is 2.15 bits per heavy atom. The number of allylic oxidation sites excluding steroid dienone is 1. The molecule has 20 heavy (non-hydrogen) atoms. The van der Waals surface area contributed by atoms with Crippen molar-refractivity contribution in [3.63, 3.8) is 0 Å². The Kier molecular flexibility index (Phi) is 7.12. The number of carboxylic acid groups (broad SMARTS) is 1. The van der Waals surface area contributed by atoms with Crippen LogP contribution in [0.4, 0.5) is 4.79 Å². The minimum atomic E-state index is -1.23. The molecule has 0 aromatic heterocycles. The lowest BCUT2D eigenvalue weighted by Crippen LogP contribution is -2.54. The van der Waals surface area contributed by atoms with Gasteiger partial charge in [0.1, 0.15) is 0 Å². The molecule has 0 bridgehead atoms. The molecule has 1 aliphatic carbocycles. The van der Waals surface area contributed by atoms with Crippen LogP contribution in [-0.4, -0.2) is 24.6 Å². The second-order valence-corrected chi connectivity index (χ2v) is 5.44. The van der Waals surface area contributed by atoms with Gasteiger partial charge < -0.3 is 20.5 Å². The lowest BCUT2D eigenvalue weighted by atomic mass is 9.97. The van der Waals surface area contributed by atoms with Gasteiger partial charge in [-0.3, -0.25) is 0 Å². The van der Waals surface area contributed by atoms with Gasteiger partial charge in [0.2, 0.25) is 0 Å². The Balaban J connectivity index is 2.31. The maximum Gasteiger partial charge on any atom is 0.315 e. The number of carboxylic acids is 1. The summed E-state index contributed by atoms with van der Waals surface area (Å²) in [6.07, 6.45) is 8.46. The molecule has 0 saturated heterocycles. The first kappa shape index (κ1) is 16.5. The number of carbonyl (C=O) groups excluding carboxylic acids is 2. The van der Waals surface area contributed by atoms with Gasteiger partial charge in [0.15, 0.2) is 0 Å². The lowest BCUT2D eigenvalue weighted by Gasteiger charge is -2.25. The zero-order chi connectivity index (χ0) is 15.0. The van der Waals surface area contributed by atoms with Crippen LogP contribution in [0.25, 0.3) is 0 Å². The van der Waals surface area contributed by atoms with Crippen molar-refractivity contribution in [3.8, 4) is 0 Å². The molecule has 0 aromatic rings. The highest BCUT2D eigenvalue weighted by Crippen LogP contribution is 2.19. The van der Waals surface area contributed by atoms with E-state index in [-0.39, 0.29) is 5.92 Å². The number of hydrogen-bond donors (Lipinski definition) is 2. The van der Waals surface area contributed by atoms with Crippen LogP contribution in [0.1, 0.15) is 52.4 Å². The summed E-state index contributed by atoms with van der Waals surface area (Å²) in [5.41, 5.74) is 1.38. The van der Waals surface area contributed by atoms with Crippen molar-refractivity contribution in [2.24, 2.45) is 5.92 Å². The molecule has 0 fully saturated rings. The zero-order valence-electron chi connectivity index (χ0n) is 12.4. The average Bonchev–Trinajstić information content (AvgIpc) is 2.45. The Morgan fingerprint density at radius 1 is 1.40 bits per heavy atom.